The molecule has 5 N–H and O–H groups in total. The summed E-state index contributed by atoms with van der Waals surface area (Å²) in [5.41, 5.74) is 0. The van der Waals surface area contributed by atoms with Crippen LogP contribution in [-0.2, 0) is 9.47 Å². The van der Waals surface area contributed by atoms with Gasteiger partial charge in [0.15, 0.2) is 6.23 Å². The SMILES string of the molecule is CCCCOC(=O)N[C@@H]1O[C@@H](CO)[C@@H](O)[C@@H](O)[C@@H]1O. The first kappa shape index (κ1) is 16.1. The van der Waals surface area contributed by atoms with Crippen molar-refractivity contribution in [1.82, 2.24) is 5.32 Å². The minimum absolute atomic E-state index is 0.236. The summed E-state index contributed by atoms with van der Waals surface area (Å²) in [4.78, 5) is 11.4. The van der Waals surface area contributed by atoms with E-state index in [4.69, 9.17) is 14.6 Å². The van der Waals surface area contributed by atoms with Crippen LogP contribution in [0, 0.1) is 0 Å². The van der Waals surface area contributed by atoms with E-state index in [1.165, 1.54) is 0 Å². The molecule has 5 atom stereocenters. The smallest absolute Gasteiger partial charge is 0.409 e. The number of hydrogen-bond acceptors (Lipinski definition) is 7. The Labute approximate surface area is 110 Å². The van der Waals surface area contributed by atoms with Crippen LogP contribution < -0.4 is 5.32 Å². The van der Waals surface area contributed by atoms with Gasteiger partial charge in [0.05, 0.1) is 13.2 Å². The van der Waals surface area contributed by atoms with E-state index in [2.05, 4.69) is 5.32 Å². The van der Waals surface area contributed by atoms with Gasteiger partial charge in [0.25, 0.3) is 0 Å². The number of unbranched alkanes of at least 4 members (excludes halogenated alkanes) is 1. The van der Waals surface area contributed by atoms with E-state index in [-0.39, 0.29) is 6.61 Å². The molecule has 1 heterocycles. The lowest BCUT2D eigenvalue weighted by molar-refractivity contribution is -0.234. The fourth-order valence-electron chi connectivity index (χ4n) is 1.69. The Kier molecular flexibility index (Phi) is 6.46. The van der Waals surface area contributed by atoms with Crippen molar-refractivity contribution in [2.24, 2.45) is 0 Å². The third-order valence-corrected chi connectivity index (χ3v) is 2.88. The van der Waals surface area contributed by atoms with E-state index < -0.39 is 43.3 Å². The molecule has 1 saturated heterocycles. The van der Waals surface area contributed by atoms with Crippen LogP contribution >= 0.6 is 0 Å². The zero-order valence-corrected chi connectivity index (χ0v) is 10.7. The van der Waals surface area contributed by atoms with Crippen molar-refractivity contribution in [2.45, 2.75) is 50.4 Å². The number of carbonyl (C=O) groups is 1. The minimum Gasteiger partial charge on any atom is -0.450 e. The molecule has 1 aliphatic rings. The van der Waals surface area contributed by atoms with Crippen LogP contribution in [0.2, 0.25) is 0 Å². The van der Waals surface area contributed by atoms with Gasteiger partial charge in [-0.15, -0.1) is 0 Å². The maximum atomic E-state index is 11.4. The van der Waals surface area contributed by atoms with Gasteiger partial charge in [-0.3, -0.25) is 5.32 Å². The molecule has 0 aliphatic carbocycles. The second-order valence-electron chi connectivity index (χ2n) is 4.38. The number of ether oxygens (including phenoxy) is 2. The number of carbonyl (C=O) groups excluding carboxylic acids is 1. The maximum Gasteiger partial charge on any atom is 0.409 e. The summed E-state index contributed by atoms with van der Waals surface area (Å²) in [5, 5.41) is 39.9. The van der Waals surface area contributed by atoms with Gasteiger partial charge in [-0.2, -0.15) is 0 Å². The highest BCUT2D eigenvalue weighted by Crippen LogP contribution is 2.19. The van der Waals surface area contributed by atoms with Crippen LogP contribution in [0.25, 0.3) is 0 Å². The van der Waals surface area contributed by atoms with E-state index in [0.29, 0.717) is 6.42 Å². The fourth-order valence-corrected chi connectivity index (χ4v) is 1.69. The standard InChI is InChI=1S/C11H21NO7/c1-2-3-4-18-11(17)12-10-9(16)8(15)7(14)6(5-13)19-10/h6-10,13-16H,2-5H2,1H3,(H,12,17)/t6-,7+,8+,9-,10+/m0/s1. The van der Waals surface area contributed by atoms with Gasteiger partial charge in [-0.25, -0.2) is 4.79 Å². The third kappa shape index (κ3) is 4.29. The highest BCUT2D eigenvalue weighted by Gasteiger charge is 2.44. The molecule has 0 unspecified atom stereocenters. The summed E-state index contributed by atoms with van der Waals surface area (Å²) in [6, 6.07) is 0. The molecule has 112 valence electrons. The number of hydrogen-bond donors (Lipinski definition) is 5. The Hall–Kier alpha value is -0.930. The fraction of sp³-hybridized carbons (Fsp3) is 0.909. The molecule has 0 saturated carbocycles. The second-order valence-corrected chi connectivity index (χ2v) is 4.38. The lowest BCUT2D eigenvalue weighted by Gasteiger charge is -2.39. The predicted molar refractivity (Wildman–Crippen MR) is 63.2 cm³/mol. The Balaban J connectivity index is 2.49. The van der Waals surface area contributed by atoms with Crippen LogP contribution in [0.15, 0.2) is 0 Å². The van der Waals surface area contributed by atoms with Crippen molar-refractivity contribution in [3.8, 4) is 0 Å². The van der Waals surface area contributed by atoms with Crippen LogP contribution in [0.1, 0.15) is 19.8 Å². The predicted octanol–water partition coefficient (Wildman–Crippen LogP) is -1.69. The van der Waals surface area contributed by atoms with Gasteiger partial charge < -0.3 is 29.9 Å². The molecule has 0 aromatic rings. The van der Waals surface area contributed by atoms with Crippen molar-refractivity contribution in [3.05, 3.63) is 0 Å². The van der Waals surface area contributed by atoms with E-state index in [1.807, 2.05) is 6.92 Å². The molecule has 8 heteroatoms. The van der Waals surface area contributed by atoms with Crippen LogP contribution in [0.5, 0.6) is 0 Å². The Morgan fingerprint density at radius 2 is 1.95 bits per heavy atom. The topological polar surface area (TPSA) is 128 Å². The van der Waals surface area contributed by atoms with E-state index >= 15 is 0 Å². The lowest BCUT2D eigenvalue weighted by atomic mass is 9.98. The zero-order valence-electron chi connectivity index (χ0n) is 10.7. The summed E-state index contributed by atoms with van der Waals surface area (Å²) in [6.45, 7) is 1.63. The first-order valence-corrected chi connectivity index (χ1v) is 6.25. The van der Waals surface area contributed by atoms with E-state index in [9.17, 15) is 20.1 Å². The summed E-state index contributed by atoms with van der Waals surface area (Å²) in [5.74, 6) is 0. The monoisotopic (exact) mass is 279 g/mol. The summed E-state index contributed by atoms with van der Waals surface area (Å²) in [7, 11) is 0. The second kappa shape index (κ2) is 7.61. The summed E-state index contributed by atoms with van der Waals surface area (Å²) >= 11 is 0. The quantitative estimate of drug-likeness (QED) is 0.380. The molecule has 1 amide bonds. The van der Waals surface area contributed by atoms with Gasteiger partial charge in [0.2, 0.25) is 0 Å². The first-order valence-electron chi connectivity index (χ1n) is 6.25. The molecule has 8 nitrogen and oxygen atoms in total. The lowest BCUT2D eigenvalue weighted by Crippen LogP contribution is -2.63. The largest absolute Gasteiger partial charge is 0.450 e. The van der Waals surface area contributed by atoms with Crippen LogP contribution in [0.3, 0.4) is 0 Å². The maximum absolute atomic E-state index is 11.4. The average Bonchev–Trinajstić information content (AvgIpc) is 2.39. The van der Waals surface area contributed by atoms with Crippen LogP contribution in [-0.4, -0.2) is 70.4 Å². The Bertz CT molecular complexity index is 286. The molecule has 0 aromatic carbocycles. The molecule has 0 radical (unpaired) electrons. The van der Waals surface area contributed by atoms with E-state index in [0.717, 1.165) is 6.42 Å². The van der Waals surface area contributed by atoms with Crippen molar-refractivity contribution in [2.75, 3.05) is 13.2 Å². The molecule has 1 fully saturated rings. The van der Waals surface area contributed by atoms with Gasteiger partial charge in [0, 0.05) is 0 Å². The first-order chi connectivity index (χ1) is 9.01. The third-order valence-electron chi connectivity index (χ3n) is 2.88. The molecule has 0 spiro atoms. The highest BCUT2D eigenvalue weighted by atomic mass is 16.6. The molecule has 19 heavy (non-hydrogen) atoms. The number of nitrogens with one attached hydrogen (secondary N) is 1. The normalized spacial score (nSPS) is 34.9. The van der Waals surface area contributed by atoms with Crippen molar-refractivity contribution < 1.29 is 34.7 Å². The number of aliphatic hydroxyl groups excluding tert-OH is 4. The van der Waals surface area contributed by atoms with Crippen molar-refractivity contribution in [1.29, 1.82) is 0 Å². The average molecular weight is 279 g/mol. The molecular weight excluding hydrogens is 258 g/mol. The zero-order chi connectivity index (χ0) is 14.4. The Morgan fingerprint density at radius 1 is 1.26 bits per heavy atom. The van der Waals surface area contributed by atoms with Crippen molar-refractivity contribution in [3.63, 3.8) is 0 Å². The summed E-state index contributed by atoms with van der Waals surface area (Å²) < 4.78 is 9.90. The van der Waals surface area contributed by atoms with Gasteiger partial charge in [0.1, 0.15) is 24.4 Å². The highest BCUT2D eigenvalue weighted by molar-refractivity contribution is 5.67. The number of alkyl carbamates (subject to hydrolysis) is 1. The number of aliphatic hydroxyl groups is 4. The Morgan fingerprint density at radius 3 is 2.53 bits per heavy atom. The minimum atomic E-state index is -1.52. The number of rotatable bonds is 5. The number of amides is 1. The van der Waals surface area contributed by atoms with Gasteiger partial charge in [-0.05, 0) is 6.42 Å². The molecule has 1 aliphatic heterocycles. The molecule has 0 aromatic heterocycles. The van der Waals surface area contributed by atoms with Gasteiger partial charge in [-0.1, -0.05) is 13.3 Å². The van der Waals surface area contributed by atoms with Crippen LogP contribution in [0.4, 0.5) is 4.79 Å². The van der Waals surface area contributed by atoms with E-state index in [1.54, 1.807) is 0 Å². The van der Waals surface area contributed by atoms with Gasteiger partial charge >= 0.3 is 6.09 Å². The summed E-state index contributed by atoms with van der Waals surface area (Å²) in [6.07, 6.45) is -5.99. The van der Waals surface area contributed by atoms with Crippen molar-refractivity contribution >= 4 is 6.09 Å². The molecule has 1 rings (SSSR count). The molecular formula is C11H21NO7. The molecule has 0 bridgehead atoms.